The fraction of sp³-hybridized carbons (Fsp3) is 0.333. The zero-order chi connectivity index (χ0) is 9.26. The lowest BCUT2D eigenvalue weighted by molar-refractivity contribution is 0.850. The second-order valence-electron chi connectivity index (χ2n) is 3.45. The van der Waals surface area contributed by atoms with E-state index < -0.39 is 0 Å². The highest BCUT2D eigenvalue weighted by molar-refractivity contribution is 5.80. The van der Waals surface area contributed by atoms with Crippen LogP contribution in [0.3, 0.4) is 0 Å². The summed E-state index contributed by atoms with van der Waals surface area (Å²) < 4.78 is 0. The molecule has 1 aromatic rings. The van der Waals surface area contributed by atoms with Gasteiger partial charge in [0.05, 0.1) is 5.69 Å². The predicted octanol–water partition coefficient (Wildman–Crippen LogP) is 3.47. The van der Waals surface area contributed by atoms with Crippen LogP contribution in [-0.4, -0.2) is 0 Å². The van der Waals surface area contributed by atoms with Gasteiger partial charge < -0.3 is 0 Å². The first-order valence-electron chi connectivity index (χ1n) is 4.84. The van der Waals surface area contributed by atoms with E-state index in [0.717, 1.165) is 12.1 Å². The van der Waals surface area contributed by atoms with Crippen molar-refractivity contribution >= 4 is 11.3 Å². The van der Waals surface area contributed by atoms with Crippen molar-refractivity contribution in [2.45, 2.75) is 26.7 Å². The third-order valence-electron chi connectivity index (χ3n) is 2.48. The summed E-state index contributed by atoms with van der Waals surface area (Å²) in [6, 6.07) is 8.36. The molecular formula is C12H14N. The number of rotatable bonds is 2. The van der Waals surface area contributed by atoms with Crippen LogP contribution >= 0.6 is 0 Å². The van der Waals surface area contributed by atoms with Gasteiger partial charge in [-0.2, -0.15) is 0 Å². The monoisotopic (exact) mass is 172 g/mol. The lowest BCUT2D eigenvalue weighted by atomic mass is 10.1. The molecule has 1 aliphatic rings. The van der Waals surface area contributed by atoms with Crippen molar-refractivity contribution in [3.63, 3.8) is 0 Å². The largest absolute Gasteiger partial charge is 0.253 e. The van der Waals surface area contributed by atoms with E-state index in [4.69, 9.17) is 0 Å². The molecule has 1 heterocycles. The van der Waals surface area contributed by atoms with Crippen LogP contribution in [0.4, 0.5) is 5.69 Å². The van der Waals surface area contributed by atoms with Gasteiger partial charge in [-0.3, -0.25) is 5.32 Å². The van der Waals surface area contributed by atoms with E-state index in [1.807, 2.05) is 6.07 Å². The van der Waals surface area contributed by atoms with Crippen molar-refractivity contribution < 1.29 is 0 Å². The first kappa shape index (κ1) is 8.36. The van der Waals surface area contributed by atoms with Gasteiger partial charge in [0, 0.05) is 11.3 Å². The lowest BCUT2D eigenvalue weighted by Crippen LogP contribution is -1.92. The minimum Gasteiger partial charge on any atom is -0.253 e. The van der Waals surface area contributed by atoms with E-state index in [9.17, 15) is 0 Å². The summed E-state index contributed by atoms with van der Waals surface area (Å²) in [5, 5.41) is 4.60. The molecule has 1 radical (unpaired) electrons. The van der Waals surface area contributed by atoms with Gasteiger partial charge in [0.15, 0.2) is 0 Å². The Kier molecular flexibility index (Phi) is 2.09. The predicted molar refractivity (Wildman–Crippen MR) is 55.7 cm³/mol. The number of nitrogens with zero attached hydrogens (tertiary/aromatic N) is 1. The van der Waals surface area contributed by atoms with E-state index in [2.05, 4.69) is 37.4 Å². The van der Waals surface area contributed by atoms with Gasteiger partial charge in [-0.1, -0.05) is 31.5 Å². The maximum Gasteiger partial charge on any atom is 0.0708 e. The second kappa shape index (κ2) is 3.25. The van der Waals surface area contributed by atoms with Crippen LogP contribution in [0.5, 0.6) is 0 Å². The van der Waals surface area contributed by atoms with Crippen molar-refractivity contribution in [2.24, 2.45) is 0 Å². The molecule has 0 atom stereocenters. The molecule has 1 nitrogen and oxygen atoms in total. The van der Waals surface area contributed by atoms with Crippen molar-refractivity contribution in [3.8, 4) is 0 Å². The molecule has 0 bridgehead atoms. The summed E-state index contributed by atoms with van der Waals surface area (Å²) in [5.74, 6) is 0. The minimum absolute atomic E-state index is 1.10. The standard InChI is InChI=1S/C12H14N/c1-3-6-11-9(2)10-7-4-5-8-12(10)13-11/h4-5,7-8H,3,6H2,1-2H3. The molecule has 0 aromatic heterocycles. The second-order valence-corrected chi connectivity index (χ2v) is 3.45. The maximum absolute atomic E-state index is 4.60. The van der Waals surface area contributed by atoms with Crippen molar-refractivity contribution in [1.29, 1.82) is 0 Å². The molecule has 0 amide bonds. The topological polar surface area (TPSA) is 14.1 Å². The molecular weight excluding hydrogens is 158 g/mol. The number of allylic oxidation sites excluding steroid dienone is 2. The summed E-state index contributed by atoms with van der Waals surface area (Å²) in [6.45, 7) is 4.36. The smallest absolute Gasteiger partial charge is 0.0708 e. The van der Waals surface area contributed by atoms with Gasteiger partial charge in [-0.15, -0.1) is 0 Å². The van der Waals surface area contributed by atoms with Crippen molar-refractivity contribution in [3.05, 3.63) is 35.5 Å². The van der Waals surface area contributed by atoms with E-state index in [0.29, 0.717) is 0 Å². The lowest BCUT2D eigenvalue weighted by Gasteiger charge is -1.98. The summed E-state index contributed by atoms with van der Waals surface area (Å²) in [7, 11) is 0. The molecule has 0 saturated heterocycles. The Morgan fingerprint density at radius 3 is 2.69 bits per heavy atom. The first-order chi connectivity index (χ1) is 6.33. The highest BCUT2D eigenvalue weighted by Gasteiger charge is 2.17. The average molecular weight is 172 g/mol. The Bertz CT molecular complexity index is 350. The van der Waals surface area contributed by atoms with Gasteiger partial charge in [0.2, 0.25) is 0 Å². The van der Waals surface area contributed by atoms with Gasteiger partial charge >= 0.3 is 0 Å². The fourth-order valence-corrected chi connectivity index (χ4v) is 1.75. The van der Waals surface area contributed by atoms with E-state index >= 15 is 0 Å². The van der Waals surface area contributed by atoms with Crippen LogP contribution in [0.15, 0.2) is 30.0 Å². The molecule has 0 saturated carbocycles. The number of hydrogen-bond acceptors (Lipinski definition) is 0. The number of para-hydroxylation sites is 1. The Morgan fingerprint density at radius 1 is 1.23 bits per heavy atom. The van der Waals surface area contributed by atoms with Crippen molar-refractivity contribution in [1.82, 2.24) is 5.32 Å². The van der Waals surface area contributed by atoms with Crippen LogP contribution < -0.4 is 5.32 Å². The SMILES string of the molecule is CCCC1=C(C)c2ccccc2[N]1. The van der Waals surface area contributed by atoms with E-state index in [1.165, 1.54) is 23.3 Å². The molecule has 1 heteroatoms. The number of hydrogen-bond donors (Lipinski definition) is 0. The van der Waals surface area contributed by atoms with E-state index in [1.54, 1.807) is 0 Å². The Morgan fingerprint density at radius 2 is 2.00 bits per heavy atom. The Labute approximate surface area is 79.5 Å². The highest BCUT2D eigenvalue weighted by atomic mass is 14.9. The molecule has 0 fully saturated rings. The Balaban J connectivity index is 2.36. The van der Waals surface area contributed by atoms with Gasteiger partial charge in [0.25, 0.3) is 0 Å². The maximum atomic E-state index is 4.60. The van der Waals surface area contributed by atoms with E-state index in [-0.39, 0.29) is 0 Å². The van der Waals surface area contributed by atoms with Crippen LogP contribution in [0, 0.1) is 0 Å². The fourth-order valence-electron chi connectivity index (χ4n) is 1.75. The van der Waals surface area contributed by atoms with Gasteiger partial charge in [0.1, 0.15) is 0 Å². The van der Waals surface area contributed by atoms with Gasteiger partial charge in [-0.25, -0.2) is 0 Å². The minimum atomic E-state index is 1.10. The van der Waals surface area contributed by atoms with Crippen LogP contribution in [0.2, 0.25) is 0 Å². The average Bonchev–Trinajstić information content (AvgIpc) is 2.46. The van der Waals surface area contributed by atoms with Crippen LogP contribution in [-0.2, 0) is 0 Å². The first-order valence-corrected chi connectivity index (χ1v) is 4.84. The van der Waals surface area contributed by atoms with Crippen molar-refractivity contribution in [2.75, 3.05) is 0 Å². The summed E-state index contributed by atoms with van der Waals surface area (Å²) in [6.07, 6.45) is 2.27. The third kappa shape index (κ3) is 1.35. The molecule has 2 rings (SSSR count). The molecule has 1 aromatic carbocycles. The summed E-state index contributed by atoms with van der Waals surface area (Å²) >= 11 is 0. The Hall–Kier alpha value is -1.24. The summed E-state index contributed by atoms with van der Waals surface area (Å²) in [5.41, 5.74) is 5.08. The zero-order valence-electron chi connectivity index (χ0n) is 8.17. The molecule has 0 unspecified atom stereocenters. The quantitative estimate of drug-likeness (QED) is 0.648. The number of fused-ring (bicyclic) bond motifs is 1. The molecule has 0 spiro atoms. The normalized spacial score (nSPS) is 14.3. The van der Waals surface area contributed by atoms with Crippen LogP contribution in [0.25, 0.3) is 5.57 Å². The molecule has 0 N–H and O–H groups in total. The summed E-state index contributed by atoms with van der Waals surface area (Å²) in [4.78, 5) is 0. The van der Waals surface area contributed by atoms with Crippen LogP contribution in [0.1, 0.15) is 32.3 Å². The number of benzene rings is 1. The highest BCUT2D eigenvalue weighted by Crippen LogP contribution is 2.35. The zero-order valence-corrected chi connectivity index (χ0v) is 8.17. The molecule has 0 aliphatic carbocycles. The third-order valence-corrected chi connectivity index (χ3v) is 2.48. The molecule has 67 valence electrons. The molecule has 13 heavy (non-hydrogen) atoms. The molecule has 1 aliphatic heterocycles. The van der Waals surface area contributed by atoms with Gasteiger partial charge in [-0.05, 0) is 25.0 Å².